The standard InChI is InChI=1S/C106H224O7Si6/c1-15-28-41-54-67-80-93-114(94-81-68-55-42-29-16-2,95-82-69-56-43-30-17-3)109-116(98-85-72-59-46-33-20-6,99-86-73-60-47-34-21-7)111-118(102-89-76-63-50-37-24-10,103-90-77-64-51-38-25-11)113-119(104-91-78-65-52-39-26-12,105-92-79-66-53-40-27-13)112-117(100-87-74-61-48-35-22-8,101-88-75-62-49-36-23-9)110-115(108-106(14)107,96-83-70-57-44-31-18-4)97-84-71-58-45-32-19-5/h15-105H2,1-14H3. The molecule has 7 nitrogen and oxygen atoms in total. The summed E-state index contributed by atoms with van der Waals surface area (Å²) in [6.45, 7) is 33.0. The molecule has 119 heavy (non-hydrogen) atoms. The number of hydrogen-bond donors (Lipinski definition) is 0. The van der Waals surface area contributed by atoms with Crippen LogP contribution in [0.5, 0.6) is 0 Å². The van der Waals surface area contributed by atoms with Gasteiger partial charge in [0, 0.05) is 19.0 Å². The smallest absolute Gasteiger partial charge is 0.392 e. The molecule has 0 aliphatic rings. The number of carbonyl (C=O) groups is 1. The molecule has 0 atom stereocenters. The molecule has 0 spiro atoms. The molecule has 714 valence electrons. The van der Waals surface area contributed by atoms with Gasteiger partial charge in [-0.15, -0.1) is 0 Å². The third-order valence-corrected chi connectivity index (χ3v) is 58.0. The summed E-state index contributed by atoms with van der Waals surface area (Å²) < 4.78 is 54.9. The van der Waals surface area contributed by atoms with Crippen molar-refractivity contribution in [1.29, 1.82) is 0 Å². The van der Waals surface area contributed by atoms with Gasteiger partial charge in [-0.2, -0.15) is 0 Å². The number of unbranched alkanes of at least 4 members (excludes halogenated alkanes) is 65. The number of hydrogen-bond acceptors (Lipinski definition) is 7. The maximum absolute atomic E-state index is 14.7. The van der Waals surface area contributed by atoms with Gasteiger partial charge in [0.1, 0.15) is 0 Å². The van der Waals surface area contributed by atoms with Gasteiger partial charge in [-0.3, -0.25) is 4.79 Å². The zero-order valence-corrected chi connectivity index (χ0v) is 90.7. The summed E-state index contributed by atoms with van der Waals surface area (Å²) >= 11 is 0. The van der Waals surface area contributed by atoms with E-state index in [-0.39, 0.29) is 5.97 Å². The summed E-state index contributed by atoms with van der Waals surface area (Å²) in [6.07, 6.45) is 101. The van der Waals surface area contributed by atoms with Crippen LogP contribution < -0.4 is 0 Å². The lowest BCUT2D eigenvalue weighted by Gasteiger charge is -2.51. The molecule has 13 heteroatoms. The molecule has 0 fully saturated rings. The van der Waals surface area contributed by atoms with Gasteiger partial charge in [-0.1, -0.05) is 591 Å². The first-order chi connectivity index (χ1) is 58.2. The van der Waals surface area contributed by atoms with Crippen molar-refractivity contribution in [3.05, 3.63) is 0 Å². The molecule has 0 aromatic carbocycles. The molecular weight excluding hydrogens is 1550 g/mol. The average molecular weight is 1780 g/mol. The molecule has 0 aromatic heterocycles. The van der Waals surface area contributed by atoms with Crippen molar-refractivity contribution in [2.75, 3.05) is 0 Å². The Kier molecular flexibility index (Phi) is 88.3. The van der Waals surface area contributed by atoms with E-state index in [1.54, 1.807) is 6.92 Å². The van der Waals surface area contributed by atoms with Gasteiger partial charge in [0.15, 0.2) is 8.32 Å². The minimum atomic E-state index is -3.42. The Balaban J connectivity index is 10.8. The van der Waals surface area contributed by atoms with E-state index < -0.39 is 51.1 Å². The largest absolute Gasteiger partial charge is 0.495 e. The molecule has 0 bridgehead atoms. The van der Waals surface area contributed by atoms with Gasteiger partial charge in [0.25, 0.3) is 5.97 Å². The minimum Gasteiger partial charge on any atom is -0.495 e. The van der Waals surface area contributed by atoms with Crippen molar-refractivity contribution in [3.8, 4) is 0 Å². The van der Waals surface area contributed by atoms with Crippen molar-refractivity contribution < 1.29 is 29.8 Å². The van der Waals surface area contributed by atoms with Gasteiger partial charge in [0.2, 0.25) is 0 Å². The third-order valence-electron chi connectivity index (χ3n) is 27.3. The first kappa shape index (κ1) is 120. The minimum absolute atomic E-state index is 0.103. The summed E-state index contributed by atoms with van der Waals surface area (Å²) in [4.78, 5) is 14.7. The van der Waals surface area contributed by atoms with Crippen LogP contribution in [0.4, 0.5) is 0 Å². The van der Waals surface area contributed by atoms with E-state index in [0.717, 1.165) is 86.1 Å². The zero-order chi connectivity index (χ0) is 87.2. The van der Waals surface area contributed by atoms with Crippen molar-refractivity contribution in [2.24, 2.45) is 0 Å². The quantitative estimate of drug-likeness (QED) is 0.0444. The molecule has 0 rings (SSSR count). The average Bonchev–Trinajstić information content (AvgIpc) is 0.761. The molecule has 0 amide bonds. The van der Waals surface area contributed by atoms with Crippen LogP contribution in [-0.4, -0.2) is 57.1 Å². The molecule has 0 aliphatic heterocycles. The van der Waals surface area contributed by atoms with Crippen LogP contribution in [-0.2, 0) is 29.8 Å². The van der Waals surface area contributed by atoms with E-state index in [4.69, 9.17) is 8.54 Å². The molecule has 0 saturated carbocycles. The SMILES string of the molecule is CCCCCCCC[Si](CCCCCCCC)(CCCCCCCC)O[Si](CCCCCCCC)(CCCCCCCC)O[Si](CCCCCCCC)(CCCCCCCC)O[Si](CCCCCCCC)(CCCCCCCC)O[Si](CCCCCCCC)(CCCCCCCC)O[Si](CCCCCCCC)(CCCCCCCC)OC(C)=O. The lowest BCUT2D eigenvalue weighted by Crippen LogP contribution is -2.66. The van der Waals surface area contributed by atoms with Crippen LogP contribution in [0, 0.1) is 0 Å². The maximum Gasteiger partial charge on any atom is 0.392 e. The number of rotatable bonds is 102. The second kappa shape index (κ2) is 87.9. The van der Waals surface area contributed by atoms with E-state index in [9.17, 15) is 21.3 Å². The Bertz CT molecular complexity index is 1910. The Morgan fingerprint density at radius 3 is 0.395 bits per heavy atom. The fraction of sp³-hybridized carbons (Fsp3) is 0.991. The fourth-order valence-corrected chi connectivity index (χ4v) is 57.9. The zero-order valence-electron chi connectivity index (χ0n) is 84.7. The van der Waals surface area contributed by atoms with Gasteiger partial charge < -0.3 is 25.0 Å². The Morgan fingerprint density at radius 1 is 0.143 bits per heavy atom. The van der Waals surface area contributed by atoms with E-state index >= 15 is 0 Å². The Morgan fingerprint density at radius 2 is 0.252 bits per heavy atom. The normalized spacial score (nSPS) is 12.7. The van der Waals surface area contributed by atoms with E-state index in [2.05, 4.69) is 90.0 Å². The van der Waals surface area contributed by atoms with Crippen LogP contribution in [0.1, 0.15) is 598 Å². The second-order valence-electron chi connectivity index (χ2n) is 39.6. The Hall–Kier alpha value is 0.571. The first-order valence-corrected chi connectivity index (χ1v) is 69.6. The van der Waals surface area contributed by atoms with E-state index in [0.29, 0.717) is 0 Å². The van der Waals surface area contributed by atoms with Gasteiger partial charge >= 0.3 is 42.8 Å². The summed E-state index contributed by atoms with van der Waals surface area (Å²) in [6, 6.07) is 14.5. The molecule has 0 aliphatic carbocycles. The predicted octanol–water partition coefficient (Wildman–Crippen LogP) is 40.5. The maximum atomic E-state index is 14.7. The molecule has 0 unspecified atom stereocenters. The molecule has 0 heterocycles. The molecule has 0 saturated heterocycles. The molecular formula is C106H224O7Si6. The predicted molar refractivity (Wildman–Crippen MR) is 548 cm³/mol. The highest BCUT2D eigenvalue weighted by atomic mass is 28.5. The number of carbonyl (C=O) groups excluding carboxylic acids is 1. The van der Waals surface area contributed by atoms with Crippen molar-refractivity contribution in [3.63, 3.8) is 0 Å². The summed E-state index contributed by atoms with van der Waals surface area (Å²) in [5, 5.41) is 0. The second-order valence-corrected chi connectivity index (χ2v) is 61.8. The van der Waals surface area contributed by atoms with Gasteiger partial charge in [-0.05, 0) is 66.5 Å². The summed E-state index contributed by atoms with van der Waals surface area (Å²) in [7, 11) is -19.1. The van der Waals surface area contributed by atoms with Crippen molar-refractivity contribution in [1.82, 2.24) is 0 Å². The Labute approximate surface area is 758 Å². The third kappa shape index (κ3) is 69.2. The lowest BCUT2D eigenvalue weighted by molar-refractivity contribution is -0.133. The van der Waals surface area contributed by atoms with Crippen LogP contribution >= 0.6 is 0 Å². The summed E-state index contributed by atoms with van der Waals surface area (Å²) in [5.41, 5.74) is 0. The van der Waals surface area contributed by atoms with Crippen LogP contribution in [0.2, 0.25) is 78.6 Å². The van der Waals surface area contributed by atoms with Gasteiger partial charge in [0.05, 0.1) is 0 Å². The van der Waals surface area contributed by atoms with Crippen LogP contribution in [0.25, 0.3) is 0 Å². The van der Waals surface area contributed by atoms with Gasteiger partial charge in [-0.25, -0.2) is 0 Å². The van der Waals surface area contributed by atoms with Crippen LogP contribution in [0.3, 0.4) is 0 Å². The van der Waals surface area contributed by atoms with Crippen molar-refractivity contribution in [2.45, 2.75) is 676 Å². The summed E-state index contributed by atoms with van der Waals surface area (Å²) in [5.74, 6) is -0.103. The fourth-order valence-electron chi connectivity index (χ4n) is 19.7. The topological polar surface area (TPSA) is 72.5 Å². The highest BCUT2D eigenvalue weighted by Gasteiger charge is 2.60. The molecule has 0 radical (unpaired) electrons. The molecule has 0 aromatic rings. The van der Waals surface area contributed by atoms with E-state index in [1.807, 2.05) is 0 Å². The molecule has 0 N–H and O–H groups in total. The highest BCUT2D eigenvalue weighted by Crippen LogP contribution is 2.47. The van der Waals surface area contributed by atoms with Crippen molar-refractivity contribution >= 4 is 57.1 Å². The lowest BCUT2D eigenvalue weighted by atomic mass is 10.1. The highest BCUT2D eigenvalue weighted by molar-refractivity contribution is 6.93. The van der Waals surface area contributed by atoms with E-state index in [1.165, 1.54) is 493 Å². The first-order valence-electron chi connectivity index (χ1n) is 55.9. The monoisotopic (exact) mass is 1780 g/mol. The van der Waals surface area contributed by atoms with Crippen LogP contribution in [0.15, 0.2) is 0 Å².